The number of aliphatic hydroxyl groups is 1. The Kier molecular flexibility index (Phi) is 4.81. The molecule has 0 spiro atoms. The van der Waals surface area contributed by atoms with Crippen molar-refractivity contribution in [1.29, 1.82) is 0 Å². The lowest BCUT2D eigenvalue weighted by Gasteiger charge is -2.25. The van der Waals surface area contributed by atoms with Gasteiger partial charge in [-0.25, -0.2) is 0 Å². The number of aromatic nitrogens is 3. The Bertz CT molecular complexity index is 624. The molecule has 1 aromatic carbocycles. The average molecular weight is 276 g/mol. The van der Waals surface area contributed by atoms with Crippen LogP contribution in [-0.2, 0) is 6.67 Å². The summed E-state index contributed by atoms with van der Waals surface area (Å²) in [7, 11) is 0. The van der Waals surface area contributed by atoms with Crippen LogP contribution in [0.2, 0.25) is 0 Å². The summed E-state index contributed by atoms with van der Waals surface area (Å²) in [5.74, 6) is 0. The van der Waals surface area contributed by atoms with Gasteiger partial charge in [0.1, 0.15) is 5.52 Å². The van der Waals surface area contributed by atoms with E-state index in [1.165, 1.54) is 4.68 Å². The molecule has 0 amide bonds. The zero-order valence-electron chi connectivity index (χ0n) is 11.9. The monoisotopic (exact) mass is 276 g/mol. The molecule has 1 aromatic heterocycles. The van der Waals surface area contributed by atoms with Gasteiger partial charge in [-0.3, -0.25) is 9.69 Å². The quantitative estimate of drug-likeness (QED) is 0.846. The molecule has 0 atom stereocenters. The summed E-state index contributed by atoms with van der Waals surface area (Å²) in [6.45, 7) is 5.35. The largest absolute Gasteiger partial charge is 0.396 e. The number of hydrogen-bond acceptors (Lipinski definition) is 5. The van der Waals surface area contributed by atoms with Crippen LogP contribution in [-0.4, -0.2) is 44.2 Å². The lowest BCUT2D eigenvalue weighted by Crippen LogP contribution is -2.39. The summed E-state index contributed by atoms with van der Waals surface area (Å²) in [5.41, 5.74) is 0.477. The molecule has 0 aliphatic carbocycles. The fourth-order valence-electron chi connectivity index (χ4n) is 2.05. The van der Waals surface area contributed by atoms with E-state index >= 15 is 0 Å². The molecule has 0 aliphatic heterocycles. The second kappa shape index (κ2) is 6.58. The van der Waals surface area contributed by atoms with Gasteiger partial charge in [0.2, 0.25) is 0 Å². The van der Waals surface area contributed by atoms with E-state index in [0.717, 1.165) is 6.54 Å². The molecule has 0 saturated heterocycles. The minimum atomic E-state index is -0.134. The number of rotatable bonds is 6. The third kappa shape index (κ3) is 3.20. The fourth-order valence-corrected chi connectivity index (χ4v) is 2.05. The maximum absolute atomic E-state index is 12.3. The molecule has 108 valence electrons. The molecule has 0 unspecified atom stereocenters. The van der Waals surface area contributed by atoms with Gasteiger partial charge in [0.25, 0.3) is 5.56 Å². The van der Waals surface area contributed by atoms with Gasteiger partial charge in [0.15, 0.2) is 0 Å². The van der Waals surface area contributed by atoms with Crippen molar-refractivity contribution >= 4 is 10.9 Å². The van der Waals surface area contributed by atoms with Crippen molar-refractivity contribution in [2.75, 3.05) is 13.2 Å². The first-order valence-corrected chi connectivity index (χ1v) is 6.81. The van der Waals surface area contributed by atoms with Gasteiger partial charge < -0.3 is 5.11 Å². The second-order valence-corrected chi connectivity index (χ2v) is 5.04. The first-order chi connectivity index (χ1) is 9.63. The van der Waals surface area contributed by atoms with E-state index in [-0.39, 0.29) is 18.2 Å². The predicted molar refractivity (Wildman–Crippen MR) is 77.3 cm³/mol. The van der Waals surface area contributed by atoms with E-state index in [2.05, 4.69) is 29.1 Å². The molecule has 6 nitrogen and oxygen atoms in total. The van der Waals surface area contributed by atoms with Gasteiger partial charge in [-0.1, -0.05) is 17.3 Å². The van der Waals surface area contributed by atoms with Crippen molar-refractivity contribution in [1.82, 2.24) is 19.9 Å². The maximum Gasteiger partial charge on any atom is 0.278 e. The van der Waals surface area contributed by atoms with Crippen LogP contribution in [0.4, 0.5) is 0 Å². The molecule has 2 aromatic rings. The number of benzene rings is 1. The van der Waals surface area contributed by atoms with E-state index in [1.807, 2.05) is 12.1 Å². The van der Waals surface area contributed by atoms with E-state index in [1.54, 1.807) is 12.1 Å². The Morgan fingerprint density at radius 2 is 2.10 bits per heavy atom. The minimum absolute atomic E-state index is 0.134. The summed E-state index contributed by atoms with van der Waals surface area (Å²) in [6, 6.07) is 7.46. The molecular formula is C14H20N4O2. The first-order valence-electron chi connectivity index (χ1n) is 6.81. The van der Waals surface area contributed by atoms with Gasteiger partial charge in [-0.05, 0) is 32.4 Å². The summed E-state index contributed by atoms with van der Waals surface area (Å²) in [4.78, 5) is 14.4. The van der Waals surface area contributed by atoms with E-state index in [4.69, 9.17) is 5.11 Å². The molecule has 0 bridgehead atoms. The zero-order chi connectivity index (χ0) is 14.5. The van der Waals surface area contributed by atoms with Crippen LogP contribution >= 0.6 is 0 Å². The molecule has 1 heterocycles. The fraction of sp³-hybridized carbons (Fsp3) is 0.500. The molecule has 0 fully saturated rings. The van der Waals surface area contributed by atoms with E-state index < -0.39 is 0 Å². The molecule has 20 heavy (non-hydrogen) atoms. The highest BCUT2D eigenvalue weighted by Crippen LogP contribution is 2.05. The Labute approximate surface area is 117 Å². The lowest BCUT2D eigenvalue weighted by molar-refractivity contribution is 0.142. The average Bonchev–Trinajstić information content (AvgIpc) is 2.45. The van der Waals surface area contributed by atoms with Crippen LogP contribution < -0.4 is 5.56 Å². The predicted octanol–water partition coefficient (Wildman–Crippen LogP) is 0.842. The first kappa shape index (κ1) is 14.6. The third-order valence-electron chi connectivity index (χ3n) is 3.28. The van der Waals surface area contributed by atoms with Crippen molar-refractivity contribution in [3.8, 4) is 0 Å². The van der Waals surface area contributed by atoms with Crippen molar-refractivity contribution in [2.24, 2.45) is 0 Å². The normalized spacial score (nSPS) is 11.7. The molecular weight excluding hydrogens is 256 g/mol. The SMILES string of the molecule is CC(C)N(CCCO)Cn1nnc2ccccc2c1=O. The van der Waals surface area contributed by atoms with Gasteiger partial charge >= 0.3 is 0 Å². The lowest BCUT2D eigenvalue weighted by atomic mass is 10.2. The summed E-state index contributed by atoms with van der Waals surface area (Å²) < 4.78 is 1.37. The van der Waals surface area contributed by atoms with Crippen molar-refractivity contribution < 1.29 is 5.11 Å². The molecule has 0 radical (unpaired) electrons. The van der Waals surface area contributed by atoms with Crippen molar-refractivity contribution in [2.45, 2.75) is 33.0 Å². The second-order valence-electron chi connectivity index (χ2n) is 5.04. The van der Waals surface area contributed by atoms with Gasteiger partial charge in [-0.15, -0.1) is 5.10 Å². The van der Waals surface area contributed by atoms with Crippen LogP contribution in [0.1, 0.15) is 20.3 Å². The topological polar surface area (TPSA) is 71.2 Å². The van der Waals surface area contributed by atoms with Crippen LogP contribution in [0, 0.1) is 0 Å². The highest BCUT2D eigenvalue weighted by molar-refractivity contribution is 5.76. The van der Waals surface area contributed by atoms with Crippen molar-refractivity contribution in [3.05, 3.63) is 34.6 Å². The Hall–Kier alpha value is -1.79. The van der Waals surface area contributed by atoms with Crippen LogP contribution in [0.25, 0.3) is 10.9 Å². The highest BCUT2D eigenvalue weighted by atomic mass is 16.3. The number of nitrogens with zero attached hydrogens (tertiary/aromatic N) is 4. The van der Waals surface area contributed by atoms with Crippen LogP contribution in [0.3, 0.4) is 0 Å². The smallest absolute Gasteiger partial charge is 0.278 e. The van der Waals surface area contributed by atoms with Gasteiger partial charge in [0, 0.05) is 19.2 Å². The summed E-state index contributed by atoms with van der Waals surface area (Å²) in [5, 5.41) is 17.6. The molecule has 6 heteroatoms. The summed E-state index contributed by atoms with van der Waals surface area (Å²) >= 11 is 0. The number of hydrogen-bond donors (Lipinski definition) is 1. The van der Waals surface area contributed by atoms with Crippen LogP contribution in [0.15, 0.2) is 29.1 Å². The minimum Gasteiger partial charge on any atom is -0.396 e. The molecule has 2 rings (SSSR count). The van der Waals surface area contributed by atoms with Crippen molar-refractivity contribution in [3.63, 3.8) is 0 Å². The van der Waals surface area contributed by atoms with E-state index in [9.17, 15) is 4.79 Å². The third-order valence-corrected chi connectivity index (χ3v) is 3.28. The number of fused-ring (bicyclic) bond motifs is 1. The Morgan fingerprint density at radius 3 is 2.80 bits per heavy atom. The number of aliphatic hydroxyl groups excluding tert-OH is 1. The zero-order valence-corrected chi connectivity index (χ0v) is 11.9. The standard InChI is InChI=1S/C14H20N4O2/c1-11(2)17(8-5-9-19)10-18-14(20)12-6-3-4-7-13(12)15-16-18/h3-4,6-7,11,19H,5,8-10H2,1-2H3. The van der Waals surface area contributed by atoms with E-state index in [0.29, 0.717) is 24.0 Å². The van der Waals surface area contributed by atoms with Gasteiger partial charge in [-0.2, -0.15) is 4.68 Å². The highest BCUT2D eigenvalue weighted by Gasteiger charge is 2.12. The maximum atomic E-state index is 12.3. The Balaban J connectivity index is 2.28. The van der Waals surface area contributed by atoms with Crippen LogP contribution in [0.5, 0.6) is 0 Å². The Morgan fingerprint density at radius 1 is 1.35 bits per heavy atom. The molecule has 1 N–H and O–H groups in total. The van der Waals surface area contributed by atoms with Gasteiger partial charge in [0.05, 0.1) is 12.1 Å². The molecule has 0 saturated carbocycles. The molecule has 0 aliphatic rings. The summed E-state index contributed by atoms with van der Waals surface area (Å²) in [6.07, 6.45) is 0.675.